The Morgan fingerprint density at radius 2 is 2.08 bits per heavy atom. The van der Waals surface area contributed by atoms with Crippen LogP contribution in [0.3, 0.4) is 0 Å². The van der Waals surface area contributed by atoms with Crippen LogP contribution in [0, 0.1) is 0 Å². The summed E-state index contributed by atoms with van der Waals surface area (Å²) in [6.45, 7) is 3.97. The summed E-state index contributed by atoms with van der Waals surface area (Å²) >= 11 is 1.19. The number of ether oxygens (including phenoxy) is 1. The predicted molar refractivity (Wildman–Crippen MR) is 96.1 cm³/mol. The number of H-pyrrole nitrogens is 1. The first-order chi connectivity index (χ1) is 12.1. The van der Waals surface area contributed by atoms with Gasteiger partial charge in [-0.15, -0.1) is 0 Å². The molecule has 0 radical (unpaired) electrons. The molecule has 0 spiro atoms. The van der Waals surface area contributed by atoms with E-state index in [0.29, 0.717) is 29.2 Å². The molecule has 0 aliphatic carbocycles. The predicted octanol–water partition coefficient (Wildman–Crippen LogP) is 2.54. The highest BCUT2D eigenvalue weighted by molar-refractivity contribution is 8.00. The van der Waals surface area contributed by atoms with E-state index in [0.717, 1.165) is 5.69 Å². The zero-order valence-electron chi connectivity index (χ0n) is 13.9. The van der Waals surface area contributed by atoms with Gasteiger partial charge in [0.1, 0.15) is 10.6 Å². The Kier molecular flexibility index (Phi) is 5.18. The van der Waals surface area contributed by atoms with Crippen molar-refractivity contribution in [2.75, 3.05) is 6.61 Å². The van der Waals surface area contributed by atoms with Gasteiger partial charge in [-0.2, -0.15) is 5.10 Å². The van der Waals surface area contributed by atoms with E-state index in [9.17, 15) is 9.59 Å². The van der Waals surface area contributed by atoms with E-state index in [4.69, 9.17) is 4.74 Å². The molecule has 0 unspecified atom stereocenters. The number of nitrogens with zero attached hydrogens (tertiary/aromatic N) is 3. The maximum absolute atomic E-state index is 12.3. The number of hydrogen-bond donors (Lipinski definition) is 1. The summed E-state index contributed by atoms with van der Waals surface area (Å²) in [6.07, 6.45) is 2.06. The fourth-order valence-corrected chi connectivity index (χ4v) is 3.27. The molecule has 0 aliphatic rings. The summed E-state index contributed by atoms with van der Waals surface area (Å²) < 4.78 is 6.68. The monoisotopic (exact) mass is 358 g/mol. The average molecular weight is 358 g/mol. The Hall–Kier alpha value is -2.61. The second-order valence-electron chi connectivity index (χ2n) is 5.27. The molecule has 1 aromatic carbocycles. The van der Waals surface area contributed by atoms with Gasteiger partial charge in [0, 0.05) is 0 Å². The molecule has 3 rings (SSSR count). The zero-order chi connectivity index (χ0) is 17.8. The molecule has 25 heavy (non-hydrogen) atoms. The third-order valence-electron chi connectivity index (χ3n) is 3.59. The van der Waals surface area contributed by atoms with Gasteiger partial charge in [-0.25, -0.2) is 9.67 Å². The molecule has 3 aromatic rings. The number of carbonyl (C=O) groups is 1. The van der Waals surface area contributed by atoms with Crippen LogP contribution in [0.25, 0.3) is 16.7 Å². The Morgan fingerprint density at radius 1 is 1.32 bits per heavy atom. The van der Waals surface area contributed by atoms with Gasteiger partial charge in [0.2, 0.25) is 0 Å². The van der Waals surface area contributed by atoms with Crippen molar-refractivity contribution in [3.05, 3.63) is 46.9 Å². The minimum Gasteiger partial charge on any atom is -0.465 e. The van der Waals surface area contributed by atoms with Crippen LogP contribution >= 0.6 is 11.8 Å². The number of benzene rings is 1. The van der Waals surface area contributed by atoms with Crippen LogP contribution in [0.15, 0.2) is 46.5 Å². The molecule has 8 heteroatoms. The van der Waals surface area contributed by atoms with E-state index in [1.165, 1.54) is 18.0 Å². The molecule has 0 fully saturated rings. The lowest BCUT2D eigenvalue weighted by atomic mass is 10.3. The van der Waals surface area contributed by atoms with Crippen molar-refractivity contribution in [2.45, 2.75) is 30.7 Å². The van der Waals surface area contributed by atoms with Crippen molar-refractivity contribution in [2.24, 2.45) is 0 Å². The Bertz CT molecular complexity index is 936. The number of thioether (sulfide) groups is 1. The number of aromatic amines is 1. The number of carbonyl (C=O) groups excluding carboxylic acids is 1. The SMILES string of the molecule is CCOC(=O)[C@H](CC)Sc1nc2c(cnn2-c2ccccc2)c(=O)[nH]1. The molecule has 7 nitrogen and oxygen atoms in total. The molecule has 0 saturated carbocycles. The topological polar surface area (TPSA) is 89.9 Å². The highest BCUT2D eigenvalue weighted by Crippen LogP contribution is 2.24. The maximum atomic E-state index is 12.3. The van der Waals surface area contributed by atoms with Gasteiger partial charge in [0.05, 0.1) is 18.5 Å². The molecule has 0 aliphatic heterocycles. The van der Waals surface area contributed by atoms with Gasteiger partial charge in [0.15, 0.2) is 10.8 Å². The fraction of sp³-hybridized carbons (Fsp3) is 0.294. The summed E-state index contributed by atoms with van der Waals surface area (Å²) in [4.78, 5) is 31.5. The van der Waals surface area contributed by atoms with Crippen LogP contribution in [0.5, 0.6) is 0 Å². The third-order valence-corrected chi connectivity index (χ3v) is 4.82. The lowest BCUT2D eigenvalue weighted by molar-refractivity contribution is -0.142. The molecule has 2 aromatic heterocycles. The summed E-state index contributed by atoms with van der Waals surface area (Å²) in [5, 5.41) is 4.61. The maximum Gasteiger partial charge on any atom is 0.319 e. The van der Waals surface area contributed by atoms with E-state index >= 15 is 0 Å². The van der Waals surface area contributed by atoms with E-state index in [-0.39, 0.29) is 11.5 Å². The fourth-order valence-electron chi connectivity index (χ4n) is 2.38. The van der Waals surface area contributed by atoms with Gasteiger partial charge >= 0.3 is 5.97 Å². The first-order valence-electron chi connectivity index (χ1n) is 8.00. The van der Waals surface area contributed by atoms with Crippen LogP contribution in [0.2, 0.25) is 0 Å². The zero-order valence-corrected chi connectivity index (χ0v) is 14.7. The standard InChI is InChI=1S/C17H18N4O3S/c1-3-13(16(23)24-4-2)25-17-19-14-12(15(22)20-17)10-18-21(14)11-8-6-5-7-9-11/h5-10,13H,3-4H2,1-2H3,(H,19,20,22)/t13-/m0/s1. The summed E-state index contributed by atoms with van der Waals surface area (Å²) in [6, 6.07) is 9.45. The molecule has 0 saturated heterocycles. The number of aromatic nitrogens is 4. The first kappa shape index (κ1) is 17.2. The van der Waals surface area contributed by atoms with Crippen molar-refractivity contribution in [3.63, 3.8) is 0 Å². The number of nitrogens with one attached hydrogen (secondary N) is 1. The second kappa shape index (κ2) is 7.52. The second-order valence-corrected chi connectivity index (χ2v) is 6.46. The number of para-hydroxylation sites is 1. The van der Waals surface area contributed by atoms with Gasteiger partial charge in [-0.1, -0.05) is 36.9 Å². The smallest absolute Gasteiger partial charge is 0.319 e. The lowest BCUT2D eigenvalue weighted by Crippen LogP contribution is -2.20. The average Bonchev–Trinajstić information content (AvgIpc) is 3.05. The number of rotatable bonds is 6. The minimum absolute atomic E-state index is 0.284. The van der Waals surface area contributed by atoms with Crippen LogP contribution < -0.4 is 5.56 Å². The van der Waals surface area contributed by atoms with E-state index in [2.05, 4.69) is 15.1 Å². The third kappa shape index (κ3) is 3.58. The van der Waals surface area contributed by atoms with Crippen molar-refractivity contribution in [1.29, 1.82) is 0 Å². The molecule has 0 bridgehead atoms. The normalized spacial score (nSPS) is 12.2. The van der Waals surface area contributed by atoms with Crippen molar-refractivity contribution in [1.82, 2.24) is 19.7 Å². The number of hydrogen-bond acceptors (Lipinski definition) is 6. The number of fused-ring (bicyclic) bond motifs is 1. The minimum atomic E-state index is -0.423. The Balaban J connectivity index is 2.00. The molecular formula is C17H18N4O3S. The van der Waals surface area contributed by atoms with Gasteiger partial charge in [-0.05, 0) is 25.5 Å². The Morgan fingerprint density at radius 3 is 2.76 bits per heavy atom. The van der Waals surface area contributed by atoms with Gasteiger partial charge in [0.25, 0.3) is 5.56 Å². The van der Waals surface area contributed by atoms with Crippen LogP contribution in [-0.2, 0) is 9.53 Å². The van der Waals surface area contributed by atoms with Crippen LogP contribution in [0.4, 0.5) is 0 Å². The van der Waals surface area contributed by atoms with E-state index in [1.807, 2.05) is 37.3 Å². The molecule has 0 amide bonds. The highest BCUT2D eigenvalue weighted by Gasteiger charge is 2.21. The lowest BCUT2D eigenvalue weighted by Gasteiger charge is -2.12. The van der Waals surface area contributed by atoms with Crippen molar-refractivity contribution < 1.29 is 9.53 Å². The first-order valence-corrected chi connectivity index (χ1v) is 8.88. The van der Waals surface area contributed by atoms with Crippen LogP contribution in [-0.4, -0.2) is 37.6 Å². The van der Waals surface area contributed by atoms with Crippen molar-refractivity contribution >= 4 is 28.8 Å². The molecule has 2 heterocycles. The molecule has 1 atom stereocenters. The summed E-state index contributed by atoms with van der Waals surface area (Å²) in [5.74, 6) is -0.311. The molecule has 1 N–H and O–H groups in total. The summed E-state index contributed by atoms with van der Waals surface area (Å²) in [5.41, 5.74) is 0.980. The highest BCUT2D eigenvalue weighted by atomic mass is 32.2. The molecular weight excluding hydrogens is 340 g/mol. The van der Waals surface area contributed by atoms with E-state index in [1.54, 1.807) is 11.6 Å². The quantitative estimate of drug-likeness (QED) is 0.414. The van der Waals surface area contributed by atoms with Gasteiger partial charge < -0.3 is 9.72 Å². The summed E-state index contributed by atoms with van der Waals surface area (Å²) in [7, 11) is 0. The largest absolute Gasteiger partial charge is 0.465 e. The number of esters is 1. The van der Waals surface area contributed by atoms with Gasteiger partial charge in [-0.3, -0.25) is 9.59 Å². The Labute approximate surface area is 148 Å². The van der Waals surface area contributed by atoms with Crippen molar-refractivity contribution in [3.8, 4) is 5.69 Å². The molecule has 130 valence electrons. The van der Waals surface area contributed by atoms with Crippen LogP contribution in [0.1, 0.15) is 20.3 Å². The van der Waals surface area contributed by atoms with E-state index < -0.39 is 5.25 Å².